The molecular weight excluding hydrogens is 205 g/mol. The monoisotopic (exact) mass is 223 g/mol. The molecule has 16 heavy (non-hydrogen) atoms. The summed E-state index contributed by atoms with van der Waals surface area (Å²) in [6, 6.07) is 5.62. The maximum atomic E-state index is 12.2. The molecule has 0 radical (unpaired) electrons. The van der Waals surface area contributed by atoms with E-state index in [2.05, 4.69) is 18.9 Å². The summed E-state index contributed by atoms with van der Waals surface area (Å²) < 4.78 is 17.1. The average molecular weight is 223 g/mol. The molecule has 2 nitrogen and oxygen atoms in total. The summed E-state index contributed by atoms with van der Waals surface area (Å²) in [6.07, 6.45) is 4.17. The van der Waals surface area contributed by atoms with Gasteiger partial charge in [-0.05, 0) is 45.0 Å². The second-order valence-corrected chi connectivity index (χ2v) is 4.38. The van der Waals surface area contributed by atoms with Crippen molar-refractivity contribution in [1.29, 1.82) is 0 Å². The molecule has 0 N–H and O–H groups in total. The van der Waals surface area contributed by atoms with Crippen molar-refractivity contribution < 1.29 is 8.81 Å². The predicted octanol–water partition coefficient (Wildman–Crippen LogP) is 3.50. The molecule has 1 aliphatic rings. The minimum Gasteiger partial charge on any atom is -0.454 e. The van der Waals surface area contributed by atoms with Crippen LogP contribution in [0.5, 0.6) is 0 Å². The quantitative estimate of drug-likeness (QED) is 0.735. The Kier molecular flexibility index (Phi) is 3.44. The molecule has 1 aliphatic heterocycles. The topological polar surface area (TPSA) is 16.4 Å². The first-order valence-corrected chi connectivity index (χ1v) is 5.88. The van der Waals surface area contributed by atoms with Crippen molar-refractivity contribution in [2.75, 3.05) is 13.6 Å². The third-order valence-electron chi connectivity index (χ3n) is 3.27. The zero-order chi connectivity index (χ0) is 11.5. The highest BCUT2D eigenvalue weighted by molar-refractivity contribution is 5.60. The van der Waals surface area contributed by atoms with Gasteiger partial charge in [-0.3, -0.25) is 0 Å². The molecule has 2 aromatic heterocycles. The fourth-order valence-electron chi connectivity index (χ4n) is 2.25. The largest absolute Gasteiger partial charge is 0.454 e. The van der Waals surface area contributed by atoms with E-state index in [9.17, 15) is 4.39 Å². The van der Waals surface area contributed by atoms with Crippen LogP contribution >= 0.6 is 0 Å². The number of nitrogens with zero attached hydrogens (tertiary/aromatic N) is 1. The molecule has 0 saturated carbocycles. The minimum absolute atomic E-state index is 0.262. The molecule has 2 aromatic rings. The lowest BCUT2D eigenvalue weighted by Crippen LogP contribution is -2.23. The second kappa shape index (κ2) is 4.83. The van der Waals surface area contributed by atoms with E-state index in [4.69, 9.17) is 4.42 Å². The van der Waals surface area contributed by atoms with Crippen LogP contribution in [-0.2, 0) is 0 Å². The first-order valence-electron chi connectivity index (χ1n) is 5.88. The fourth-order valence-corrected chi connectivity index (χ4v) is 2.25. The van der Waals surface area contributed by atoms with Crippen LogP contribution in [0.3, 0.4) is 0 Å². The van der Waals surface area contributed by atoms with Gasteiger partial charge in [0.1, 0.15) is 5.58 Å². The van der Waals surface area contributed by atoms with Gasteiger partial charge in [0.2, 0.25) is 0 Å². The maximum Gasteiger partial charge on any atom is 0.169 e. The van der Waals surface area contributed by atoms with Gasteiger partial charge in [-0.25, -0.2) is 4.39 Å². The minimum atomic E-state index is -0.262. The van der Waals surface area contributed by atoms with Crippen molar-refractivity contribution in [2.45, 2.75) is 32.2 Å². The summed E-state index contributed by atoms with van der Waals surface area (Å²) in [6.45, 7) is 3.59. The molecule has 1 fully saturated rings. The van der Waals surface area contributed by atoms with Crippen LogP contribution in [0, 0.1) is 5.82 Å². The predicted molar refractivity (Wildman–Crippen MR) is 63.3 cm³/mol. The van der Waals surface area contributed by atoms with E-state index in [1.165, 1.54) is 31.9 Å². The molecule has 0 amide bonds. The summed E-state index contributed by atoms with van der Waals surface area (Å²) in [7, 11) is 2.22. The summed E-state index contributed by atoms with van der Waals surface area (Å²) in [5.74, 6) is -0.262. The van der Waals surface area contributed by atoms with E-state index >= 15 is 0 Å². The van der Waals surface area contributed by atoms with Crippen LogP contribution in [0.15, 0.2) is 22.6 Å². The number of benzene rings is 1. The molecule has 1 atom stereocenters. The number of furan rings is 2. The summed E-state index contributed by atoms with van der Waals surface area (Å²) in [4.78, 5) is 2.46. The Balaban J connectivity index is 0.000000120. The third kappa shape index (κ3) is 2.35. The summed E-state index contributed by atoms with van der Waals surface area (Å²) >= 11 is 0. The van der Waals surface area contributed by atoms with Gasteiger partial charge < -0.3 is 9.32 Å². The van der Waals surface area contributed by atoms with Gasteiger partial charge in [-0.15, -0.1) is 0 Å². The molecule has 2 bridgehead atoms. The van der Waals surface area contributed by atoms with Gasteiger partial charge in [-0.2, -0.15) is 0 Å². The number of rotatable bonds is 1. The van der Waals surface area contributed by atoms with E-state index in [-0.39, 0.29) is 5.82 Å². The van der Waals surface area contributed by atoms with Crippen LogP contribution in [-0.4, -0.2) is 24.5 Å². The van der Waals surface area contributed by atoms with Crippen LogP contribution in [0.4, 0.5) is 4.39 Å². The zero-order valence-electron chi connectivity index (χ0n) is 9.87. The van der Waals surface area contributed by atoms with Gasteiger partial charge in [0.15, 0.2) is 11.4 Å². The van der Waals surface area contributed by atoms with Crippen LogP contribution in [0.1, 0.15) is 26.2 Å². The van der Waals surface area contributed by atoms with E-state index in [0.29, 0.717) is 11.2 Å². The van der Waals surface area contributed by atoms with Crippen LogP contribution < -0.4 is 0 Å². The Morgan fingerprint density at radius 2 is 2.31 bits per heavy atom. The molecule has 0 aliphatic carbocycles. The number of hydrogen-bond donors (Lipinski definition) is 0. The van der Waals surface area contributed by atoms with Crippen LogP contribution in [0.2, 0.25) is 0 Å². The SMILES string of the molecule is CCC1CCCN1C.Fc1cc2ccc1o2. The Morgan fingerprint density at radius 1 is 1.50 bits per heavy atom. The Bertz CT molecular complexity index is 425. The normalized spacial score (nSPS) is 21.3. The number of likely N-dealkylation sites (tertiary alicyclic amines) is 1. The lowest BCUT2D eigenvalue weighted by Gasteiger charge is -2.16. The lowest BCUT2D eigenvalue weighted by molar-refractivity contribution is 0.304. The molecule has 3 rings (SSSR count). The van der Waals surface area contributed by atoms with E-state index in [0.717, 1.165) is 6.04 Å². The lowest BCUT2D eigenvalue weighted by atomic mass is 10.2. The van der Waals surface area contributed by atoms with Crippen molar-refractivity contribution in [2.24, 2.45) is 0 Å². The van der Waals surface area contributed by atoms with Gasteiger partial charge in [-0.1, -0.05) is 6.92 Å². The molecular formula is C13H18FNO. The smallest absolute Gasteiger partial charge is 0.169 e. The van der Waals surface area contributed by atoms with Gasteiger partial charge >= 0.3 is 0 Å². The Hall–Kier alpha value is -1.09. The van der Waals surface area contributed by atoms with E-state index in [1.807, 2.05) is 0 Å². The van der Waals surface area contributed by atoms with E-state index in [1.54, 1.807) is 12.1 Å². The van der Waals surface area contributed by atoms with Crippen molar-refractivity contribution in [3.8, 4) is 0 Å². The maximum absolute atomic E-state index is 12.2. The van der Waals surface area contributed by atoms with Crippen molar-refractivity contribution in [1.82, 2.24) is 4.90 Å². The highest BCUT2D eigenvalue weighted by Gasteiger charge is 2.17. The average Bonchev–Trinajstić information content (AvgIpc) is 2.94. The Labute approximate surface area is 95.4 Å². The van der Waals surface area contributed by atoms with Crippen molar-refractivity contribution in [3.05, 3.63) is 24.0 Å². The standard InChI is InChI=1S/C7H15N.C6H3FO/c1-3-7-5-4-6-8(7)2;7-5-3-4-1-2-6(5)8-4/h7H,3-6H2,1-2H3;1-3H. The van der Waals surface area contributed by atoms with Gasteiger partial charge in [0, 0.05) is 12.1 Å². The van der Waals surface area contributed by atoms with E-state index < -0.39 is 0 Å². The molecule has 0 spiro atoms. The summed E-state index contributed by atoms with van der Waals surface area (Å²) in [5, 5.41) is 0. The first-order chi connectivity index (χ1) is 7.70. The van der Waals surface area contributed by atoms with Gasteiger partial charge in [0.05, 0.1) is 0 Å². The highest BCUT2D eigenvalue weighted by Crippen LogP contribution is 2.19. The van der Waals surface area contributed by atoms with Gasteiger partial charge in [0.25, 0.3) is 0 Å². The van der Waals surface area contributed by atoms with Crippen LogP contribution in [0.25, 0.3) is 11.2 Å². The molecule has 0 aromatic carbocycles. The first kappa shape index (κ1) is 11.4. The second-order valence-electron chi connectivity index (χ2n) is 4.38. The Morgan fingerprint density at radius 3 is 2.56 bits per heavy atom. The molecule has 88 valence electrons. The molecule has 3 heteroatoms. The molecule has 3 heterocycles. The zero-order valence-corrected chi connectivity index (χ0v) is 9.87. The fraction of sp³-hybridized carbons (Fsp3) is 0.538. The number of halogens is 1. The van der Waals surface area contributed by atoms with Crippen molar-refractivity contribution in [3.63, 3.8) is 0 Å². The highest BCUT2D eigenvalue weighted by atomic mass is 19.1. The molecule has 1 unspecified atom stereocenters. The van der Waals surface area contributed by atoms with Crippen molar-refractivity contribution >= 4 is 11.2 Å². The molecule has 1 saturated heterocycles. The number of hydrogen-bond acceptors (Lipinski definition) is 2. The number of fused-ring (bicyclic) bond motifs is 2. The third-order valence-corrected chi connectivity index (χ3v) is 3.27. The summed E-state index contributed by atoms with van der Waals surface area (Å²) in [5.41, 5.74) is 0.956.